The molecule has 2 amide bonds. The number of nitrogens with zero attached hydrogens (tertiary/aromatic N) is 1. The van der Waals surface area contributed by atoms with Gasteiger partial charge in [-0.3, -0.25) is 9.59 Å². The van der Waals surface area contributed by atoms with E-state index in [-0.39, 0.29) is 17.9 Å². The van der Waals surface area contributed by atoms with Crippen LogP contribution in [-0.4, -0.2) is 61.4 Å². The van der Waals surface area contributed by atoms with Gasteiger partial charge >= 0.3 is 0 Å². The van der Waals surface area contributed by atoms with E-state index in [1.807, 2.05) is 14.1 Å². The molecule has 1 aliphatic heterocycles. The average molecular weight is 245 g/mol. The molecule has 1 atom stereocenters. The van der Waals surface area contributed by atoms with Crippen molar-refractivity contribution in [3.8, 4) is 0 Å². The Balaban J connectivity index is 2.16. The minimum atomic E-state index is -0.356. The van der Waals surface area contributed by atoms with E-state index in [9.17, 15) is 9.59 Å². The van der Waals surface area contributed by atoms with Gasteiger partial charge in [0.05, 0.1) is 5.75 Å². The Bertz CT molecular complexity index is 258. The van der Waals surface area contributed by atoms with Gasteiger partial charge in [0.25, 0.3) is 0 Å². The van der Waals surface area contributed by atoms with Gasteiger partial charge in [-0.05, 0) is 27.1 Å². The minimum absolute atomic E-state index is 0.0512. The van der Waals surface area contributed by atoms with Gasteiger partial charge in [0, 0.05) is 12.3 Å². The SMILES string of the molecule is CN(C)CCCNC(=O)C1CSCC(=O)N1. The molecule has 1 fully saturated rings. The molecule has 1 unspecified atom stereocenters. The van der Waals surface area contributed by atoms with E-state index >= 15 is 0 Å². The molecule has 0 aromatic carbocycles. The summed E-state index contributed by atoms with van der Waals surface area (Å²) in [7, 11) is 4.00. The first-order valence-corrected chi connectivity index (χ1v) is 6.54. The molecule has 1 rings (SSSR count). The third-order valence-corrected chi connectivity index (χ3v) is 3.29. The molecule has 0 saturated carbocycles. The summed E-state index contributed by atoms with van der Waals surface area (Å²) in [5, 5.41) is 5.52. The summed E-state index contributed by atoms with van der Waals surface area (Å²) in [6.45, 7) is 1.61. The maximum Gasteiger partial charge on any atom is 0.243 e. The summed E-state index contributed by atoms with van der Waals surface area (Å²) in [5.41, 5.74) is 0. The van der Waals surface area contributed by atoms with Crippen LogP contribution in [0.2, 0.25) is 0 Å². The molecule has 1 heterocycles. The molecule has 0 aromatic rings. The van der Waals surface area contributed by atoms with E-state index < -0.39 is 0 Å². The van der Waals surface area contributed by atoms with E-state index in [1.165, 1.54) is 11.8 Å². The highest BCUT2D eigenvalue weighted by Crippen LogP contribution is 2.08. The lowest BCUT2D eigenvalue weighted by atomic mass is 10.3. The average Bonchev–Trinajstić information content (AvgIpc) is 2.24. The topological polar surface area (TPSA) is 61.4 Å². The van der Waals surface area contributed by atoms with Crippen molar-refractivity contribution in [1.82, 2.24) is 15.5 Å². The fourth-order valence-electron chi connectivity index (χ4n) is 1.42. The predicted molar refractivity (Wildman–Crippen MR) is 65.4 cm³/mol. The number of hydrogen-bond acceptors (Lipinski definition) is 4. The highest BCUT2D eigenvalue weighted by Gasteiger charge is 2.24. The Labute approximate surface area is 100 Å². The number of thioether (sulfide) groups is 1. The Kier molecular flexibility index (Phi) is 5.62. The summed E-state index contributed by atoms with van der Waals surface area (Å²) < 4.78 is 0. The second kappa shape index (κ2) is 6.75. The first-order valence-electron chi connectivity index (χ1n) is 5.39. The maximum atomic E-state index is 11.6. The van der Waals surface area contributed by atoms with E-state index in [0.29, 0.717) is 18.1 Å². The lowest BCUT2D eigenvalue weighted by Crippen LogP contribution is -2.51. The highest BCUT2D eigenvalue weighted by molar-refractivity contribution is 8.00. The van der Waals surface area contributed by atoms with Gasteiger partial charge in [-0.25, -0.2) is 0 Å². The summed E-state index contributed by atoms with van der Waals surface area (Å²) >= 11 is 1.50. The third kappa shape index (κ3) is 4.85. The molecule has 92 valence electrons. The van der Waals surface area contributed by atoms with Crippen molar-refractivity contribution >= 4 is 23.6 Å². The van der Waals surface area contributed by atoms with Gasteiger partial charge in [0.15, 0.2) is 0 Å². The second-order valence-electron chi connectivity index (χ2n) is 4.08. The zero-order valence-corrected chi connectivity index (χ0v) is 10.6. The molecular weight excluding hydrogens is 226 g/mol. The zero-order valence-electron chi connectivity index (χ0n) is 9.78. The lowest BCUT2D eigenvalue weighted by Gasteiger charge is -2.22. The molecule has 0 radical (unpaired) electrons. The van der Waals surface area contributed by atoms with Crippen LogP contribution in [0.1, 0.15) is 6.42 Å². The van der Waals surface area contributed by atoms with Crippen molar-refractivity contribution in [2.45, 2.75) is 12.5 Å². The molecular formula is C10H19N3O2S. The van der Waals surface area contributed by atoms with Crippen molar-refractivity contribution in [3.05, 3.63) is 0 Å². The number of carbonyl (C=O) groups is 2. The third-order valence-electron chi connectivity index (χ3n) is 2.25. The van der Waals surface area contributed by atoms with E-state index in [2.05, 4.69) is 15.5 Å². The Hall–Kier alpha value is -0.750. The molecule has 16 heavy (non-hydrogen) atoms. The van der Waals surface area contributed by atoms with Crippen LogP contribution in [0, 0.1) is 0 Å². The van der Waals surface area contributed by atoms with Crippen LogP contribution in [-0.2, 0) is 9.59 Å². The molecule has 0 aliphatic carbocycles. The molecule has 0 aromatic heterocycles. The highest BCUT2D eigenvalue weighted by atomic mass is 32.2. The Morgan fingerprint density at radius 1 is 1.62 bits per heavy atom. The fourth-order valence-corrected chi connectivity index (χ4v) is 2.28. The summed E-state index contributed by atoms with van der Waals surface area (Å²) in [4.78, 5) is 24.8. The number of carbonyl (C=O) groups excluding carboxylic acids is 2. The van der Waals surface area contributed by atoms with E-state index in [1.54, 1.807) is 0 Å². The molecule has 1 saturated heterocycles. The van der Waals surface area contributed by atoms with Gasteiger partial charge in [0.1, 0.15) is 6.04 Å². The van der Waals surface area contributed by atoms with Crippen LogP contribution in [0.25, 0.3) is 0 Å². The number of hydrogen-bond donors (Lipinski definition) is 2. The summed E-state index contributed by atoms with van der Waals surface area (Å²) in [5.74, 6) is 1.01. The maximum absolute atomic E-state index is 11.6. The molecule has 6 heteroatoms. The molecule has 0 bridgehead atoms. The number of amides is 2. The normalized spacial score (nSPS) is 20.7. The predicted octanol–water partition coefficient (Wildman–Crippen LogP) is -0.714. The van der Waals surface area contributed by atoms with Crippen molar-refractivity contribution in [3.63, 3.8) is 0 Å². The Morgan fingerprint density at radius 2 is 2.38 bits per heavy atom. The van der Waals surface area contributed by atoms with Crippen molar-refractivity contribution in [2.24, 2.45) is 0 Å². The van der Waals surface area contributed by atoms with Crippen LogP contribution in [0.3, 0.4) is 0 Å². The molecule has 2 N–H and O–H groups in total. The van der Waals surface area contributed by atoms with Crippen molar-refractivity contribution in [1.29, 1.82) is 0 Å². The number of nitrogens with one attached hydrogen (secondary N) is 2. The van der Waals surface area contributed by atoms with Crippen LogP contribution >= 0.6 is 11.8 Å². The first-order chi connectivity index (χ1) is 7.59. The Morgan fingerprint density at radius 3 is 3.00 bits per heavy atom. The van der Waals surface area contributed by atoms with E-state index in [0.717, 1.165) is 13.0 Å². The zero-order chi connectivity index (χ0) is 12.0. The monoisotopic (exact) mass is 245 g/mol. The lowest BCUT2D eigenvalue weighted by molar-refractivity contribution is -0.127. The van der Waals surface area contributed by atoms with Gasteiger partial charge in [0.2, 0.25) is 11.8 Å². The molecule has 0 spiro atoms. The number of rotatable bonds is 5. The van der Waals surface area contributed by atoms with Crippen molar-refractivity contribution in [2.75, 3.05) is 38.7 Å². The smallest absolute Gasteiger partial charge is 0.243 e. The molecule has 1 aliphatic rings. The van der Waals surface area contributed by atoms with Crippen LogP contribution < -0.4 is 10.6 Å². The standard InChI is InChI=1S/C10H19N3O2S/c1-13(2)5-3-4-11-10(15)8-6-16-7-9(14)12-8/h8H,3-7H2,1-2H3,(H,11,15)(H,12,14). The first kappa shape index (κ1) is 13.3. The summed E-state index contributed by atoms with van der Waals surface area (Å²) in [6, 6.07) is -0.356. The van der Waals surface area contributed by atoms with E-state index in [4.69, 9.17) is 0 Å². The van der Waals surface area contributed by atoms with Crippen LogP contribution in [0.15, 0.2) is 0 Å². The van der Waals surface area contributed by atoms with Crippen molar-refractivity contribution < 1.29 is 9.59 Å². The van der Waals surface area contributed by atoms with Gasteiger partial charge in [-0.1, -0.05) is 0 Å². The van der Waals surface area contributed by atoms with Gasteiger partial charge in [-0.2, -0.15) is 0 Å². The van der Waals surface area contributed by atoms with Crippen LogP contribution in [0.5, 0.6) is 0 Å². The van der Waals surface area contributed by atoms with Crippen LogP contribution in [0.4, 0.5) is 0 Å². The molecule has 5 nitrogen and oxygen atoms in total. The summed E-state index contributed by atoms with van der Waals surface area (Å²) in [6.07, 6.45) is 0.923. The minimum Gasteiger partial charge on any atom is -0.354 e. The second-order valence-corrected chi connectivity index (χ2v) is 5.11. The largest absolute Gasteiger partial charge is 0.354 e. The fraction of sp³-hybridized carbons (Fsp3) is 0.800. The quantitative estimate of drug-likeness (QED) is 0.628. The van der Waals surface area contributed by atoms with Gasteiger partial charge in [-0.15, -0.1) is 11.8 Å². The van der Waals surface area contributed by atoms with Gasteiger partial charge < -0.3 is 15.5 Å².